The first-order chi connectivity index (χ1) is 14.4. The van der Waals surface area contributed by atoms with Gasteiger partial charge < -0.3 is 4.74 Å². The molecule has 1 saturated heterocycles. The average molecular weight is 426 g/mol. The smallest absolute Gasteiger partial charge is 0.331 e. The molecule has 30 heavy (non-hydrogen) atoms. The van der Waals surface area contributed by atoms with Gasteiger partial charge in [0.2, 0.25) is 11.8 Å². The highest BCUT2D eigenvalue weighted by molar-refractivity contribution is 6.30. The zero-order chi connectivity index (χ0) is 21.3. The summed E-state index contributed by atoms with van der Waals surface area (Å²) in [5, 5.41) is 0.544. The first-order valence-electron chi connectivity index (χ1n) is 9.90. The quantitative estimate of drug-likeness (QED) is 0.316. The van der Waals surface area contributed by atoms with Crippen LogP contribution in [0.25, 0.3) is 0 Å². The van der Waals surface area contributed by atoms with Crippen LogP contribution in [0.5, 0.6) is 5.75 Å². The molecule has 0 N–H and O–H groups in total. The third kappa shape index (κ3) is 4.00. The van der Waals surface area contributed by atoms with Crippen LogP contribution in [-0.2, 0) is 14.4 Å². The summed E-state index contributed by atoms with van der Waals surface area (Å²) in [7, 11) is 0. The number of benzene rings is 2. The SMILES string of the molecule is O=C(CN1C(=O)C2CCCCC2C1=O)Oc1ccc(C(=O)c2ccc(Cl)cc2)cc1. The lowest BCUT2D eigenvalue weighted by atomic mass is 9.81. The molecular formula is C23H20ClNO5. The van der Waals surface area contributed by atoms with Crippen molar-refractivity contribution in [2.24, 2.45) is 11.8 Å². The topological polar surface area (TPSA) is 80.8 Å². The number of ether oxygens (including phenoxy) is 1. The number of hydrogen-bond acceptors (Lipinski definition) is 5. The maximum Gasteiger partial charge on any atom is 0.331 e. The molecule has 0 bridgehead atoms. The second kappa shape index (κ2) is 8.40. The Morgan fingerprint density at radius 2 is 1.37 bits per heavy atom. The van der Waals surface area contributed by atoms with Crippen LogP contribution in [0.2, 0.25) is 5.02 Å². The third-order valence-corrected chi connectivity index (χ3v) is 5.93. The molecule has 2 aromatic rings. The molecule has 0 aromatic heterocycles. The van der Waals surface area contributed by atoms with Gasteiger partial charge in [-0.2, -0.15) is 0 Å². The van der Waals surface area contributed by atoms with E-state index in [0.29, 0.717) is 29.0 Å². The molecule has 1 aliphatic carbocycles. The summed E-state index contributed by atoms with van der Waals surface area (Å²) >= 11 is 5.84. The zero-order valence-corrected chi connectivity index (χ0v) is 16.9. The molecule has 2 aromatic carbocycles. The fourth-order valence-corrected chi connectivity index (χ4v) is 4.25. The molecule has 2 fully saturated rings. The van der Waals surface area contributed by atoms with Gasteiger partial charge >= 0.3 is 5.97 Å². The Morgan fingerprint density at radius 1 is 0.867 bits per heavy atom. The minimum absolute atomic E-state index is 0.180. The van der Waals surface area contributed by atoms with Crippen molar-refractivity contribution < 1.29 is 23.9 Å². The Kier molecular flexibility index (Phi) is 5.68. The van der Waals surface area contributed by atoms with Gasteiger partial charge in [0.15, 0.2) is 5.78 Å². The van der Waals surface area contributed by atoms with Gasteiger partial charge in [-0.05, 0) is 61.4 Å². The number of amides is 2. The molecule has 1 heterocycles. The Labute approximate surface area is 178 Å². The van der Waals surface area contributed by atoms with E-state index in [-0.39, 0.29) is 35.2 Å². The van der Waals surface area contributed by atoms with Crippen LogP contribution in [0.4, 0.5) is 0 Å². The molecule has 1 aliphatic heterocycles. The van der Waals surface area contributed by atoms with E-state index in [2.05, 4.69) is 0 Å². The minimum Gasteiger partial charge on any atom is -0.425 e. The van der Waals surface area contributed by atoms with Crippen molar-refractivity contribution in [1.29, 1.82) is 0 Å². The lowest BCUT2D eigenvalue weighted by molar-refractivity contribution is -0.148. The summed E-state index contributed by atoms with van der Waals surface area (Å²) < 4.78 is 5.27. The minimum atomic E-state index is -0.688. The Morgan fingerprint density at radius 3 is 1.90 bits per heavy atom. The maximum absolute atomic E-state index is 12.5. The first kappa shape index (κ1) is 20.3. The number of carbonyl (C=O) groups excluding carboxylic acids is 4. The molecule has 2 amide bonds. The maximum atomic E-state index is 12.5. The summed E-state index contributed by atoms with van der Waals surface area (Å²) in [5.74, 6) is -1.76. The molecule has 2 unspecified atom stereocenters. The van der Waals surface area contributed by atoms with Gasteiger partial charge in [-0.1, -0.05) is 24.4 Å². The Hall–Kier alpha value is -2.99. The predicted octanol–water partition coefficient (Wildman–Crippen LogP) is 3.65. The highest BCUT2D eigenvalue weighted by Gasteiger charge is 2.48. The number of likely N-dealkylation sites (tertiary alicyclic amines) is 1. The van der Waals surface area contributed by atoms with E-state index in [0.717, 1.165) is 17.7 Å². The number of nitrogens with zero attached hydrogens (tertiary/aromatic N) is 1. The van der Waals surface area contributed by atoms with Crippen molar-refractivity contribution in [1.82, 2.24) is 4.90 Å². The number of hydrogen-bond donors (Lipinski definition) is 0. The van der Waals surface area contributed by atoms with Crippen molar-refractivity contribution >= 4 is 35.2 Å². The van der Waals surface area contributed by atoms with E-state index in [1.165, 1.54) is 12.1 Å². The monoisotopic (exact) mass is 425 g/mol. The van der Waals surface area contributed by atoms with Gasteiger partial charge in [0.1, 0.15) is 12.3 Å². The number of imide groups is 1. The highest BCUT2D eigenvalue weighted by atomic mass is 35.5. The number of rotatable bonds is 5. The molecule has 4 rings (SSSR count). The summed E-state index contributed by atoms with van der Waals surface area (Å²) in [6.07, 6.45) is 3.26. The average Bonchev–Trinajstić information content (AvgIpc) is 2.99. The summed E-state index contributed by atoms with van der Waals surface area (Å²) in [6.45, 7) is -0.393. The van der Waals surface area contributed by atoms with Crippen LogP contribution in [0.1, 0.15) is 41.6 Å². The Balaban J connectivity index is 1.38. The van der Waals surface area contributed by atoms with Crippen LogP contribution >= 0.6 is 11.6 Å². The van der Waals surface area contributed by atoms with Gasteiger partial charge in [-0.25, -0.2) is 4.79 Å². The normalized spacial score (nSPS) is 20.8. The summed E-state index contributed by atoms with van der Waals surface area (Å²) in [6, 6.07) is 12.7. The number of carbonyl (C=O) groups is 4. The largest absolute Gasteiger partial charge is 0.425 e. The summed E-state index contributed by atoms with van der Waals surface area (Å²) in [5.41, 5.74) is 0.933. The molecule has 2 aliphatic rings. The lowest BCUT2D eigenvalue weighted by Gasteiger charge is -2.19. The second-order valence-corrected chi connectivity index (χ2v) is 8.03. The number of ketones is 1. The summed E-state index contributed by atoms with van der Waals surface area (Å²) in [4.78, 5) is 50.7. The molecule has 1 saturated carbocycles. The van der Waals surface area contributed by atoms with Gasteiger partial charge in [0.25, 0.3) is 0 Å². The third-order valence-electron chi connectivity index (χ3n) is 5.67. The van der Waals surface area contributed by atoms with E-state index in [1.807, 2.05) is 0 Å². The van der Waals surface area contributed by atoms with Crippen molar-refractivity contribution in [2.45, 2.75) is 25.7 Å². The van der Waals surface area contributed by atoms with E-state index in [4.69, 9.17) is 16.3 Å². The van der Waals surface area contributed by atoms with Crippen molar-refractivity contribution in [2.75, 3.05) is 6.54 Å². The molecule has 7 heteroatoms. The fourth-order valence-electron chi connectivity index (χ4n) is 4.12. The van der Waals surface area contributed by atoms with Crippen molar-refractivity contribution in [3.8, 4) is 5.75 Å². The zero-order valence-electron chi connectivity index (χ0n) is 16.2. The van der Waals surface area contributed by atoms with Crippen LogP contribution in [0, 0.1) is 11.8 Å². The van der Waals surface area contributed by atoms with Crippen molar-refractivity contribution in [3.63, 3.8) is 0 Å². The number of halogens is 1. The second-order valence-electron chi connectivity index (χ2n) is 7.59. The van der Waals surface area contributed by atoms with Gasteiger partial charge in [0, 0.05) is 16.1 Å². The van der Waals surface area contributed by atoms with Crippen LogP contribution in [0.15, 0.2) is 48.5 Å². The standard InChI is InChI=1S/C23H20ClNO5/c24-16-9-5-14(6-10-16)21(27)15-7-11-17(12-8-15)30-20(26)13-25-22(28)18-3-1-2-4-19(18)23(25)29/h5-12,18-19H,1-4,13H2. The molecule has 0 radical (unpaired) electrons. The highest BCUT2D eigenvalue weighted by Crippen LogP contribution is 2.37. The fraction of sp³-hybridized carbons (Fsp3) is 0.304. The molecular weight excluding hydrogens is 406 g/mol. The van der Waals surface area contributed by atoms with Gasteiger partial charge in [-0.3, -0.25) is 19.3 Å². The van der Waals surface area contributed by atoms with Gasteiger partial charge in [0.05, 0.1) is 11.8 Å². The molecule has 2 atom stereocenters. The van der Waals surface area contributed by atoms with Crippen LogP contribution in [0.3, 0.4) is 0 Å². The molecule has 0 spiro atoms. The lowest BCUT2D eigenvalue weighted by Crippen LogP contribution is -2.37. The van der Waals surface area contributed by atoms with E-state index < -0.39 is 12.5 Å². The van der Waals surface area contributed by atoms with E-state index in [1.54, 1.807) is 36.4 Å². The molecule has 154 valence electrons. The molecule has 6 nitrogen and oxygen atoms in total. The Bertz CT molecular complexity index is 975. The van der Waals surface area contributed by atoms with E-state index >= 15 is 0 Å². The van der Waals surface area contributed by atoms with E-state index in [9.17, 15) is 19.2 Å². The van der Waals surface area contributed by atoms with Crippen LogP contribution < -0.4 is 4.74 Å². The number of fused-ring (bicyclic) bond motifs is 1. The number of esters is 1. The predicted molar refractivity (Wildman–Crippen MR) is 109 cm³/mol. The van der Waals surface area contributed by atoms with Gasteiger partial charge in [-0.15, -0.1) is 0 Å². The van der Waals surface area contributed by atoms with Crippen molar-refractivity contribution in [3.05, 3.63) is 64.7 Å². The van der Waals surface area contributed by atoms with Crippen LogP contribution in [-0.4, -0.2) is 35.0 Å². The first-order valence-corrected chi connectivity index (χ1v) is 10.3.